The molecule has 1 fully saturated rings. The summed E-state index contributed by atoms with van der Waals surface area (Å²) >= 11 is 3.98. The van der Waals surface area contributed by atoms with Crippen LogP contribution in [0.2, 0.25) is 0 Å². The molecule has 19 heavy (non-hydrogen) atoms. The summed E-state index contributed by atoms with van der Waals surface area (Å²) in [6.07, 6.45) is 3.95. The minimum Gasteiger partial charge on any atom is -0.339 e. The quantitative estimate of drug-likeness (QED) is 0.871. The van der Waals surface area contributed by atoms with E-state index in [2.05, 4.69) is 24.0 Å². The molecule has 0 radical (unpaired) electrons. The topological polar surface area (TPSA) is 64.9 Å². The first kappa shape index (κ1) is 15.2. The lowest BCUT2D eigenvalue weighted by atomic mass is 10.1. The summed E-state index contributed by atoms with van der Waals surface area (Å²) in [5.74, 6) is 3.96. The van der Waals surface area contributed by atoms with Crippen LogP contribution < -0.4 is 5.73 Å². The highest BCUT2D eigenvalue weighted by Gasteiger charge is 2.30. The average Bonchev–Trinajstić information content (AvgIpc) is 2.87. The number of aromatic nitrogens is 2. The largest absolute Gasteiger partial charge is 0.339 e. The van der Waals surface area contributed by atoms with Gasteiger partial charge in [-0.05, 0) is 12.8 Å². The van der Waals surface area contributed by atoms with E-state index in [0.717, 1.165) is 25.1 Å². The number of nitrogens with two attached hydrogens (primary N) is 1. The molecule has 2 rings (SSSR count). The number of rotatable bonds is 6. The lowest BCUT2D eigenvalue weighted by Gasteiger charge is -2.27. The number of thioether (sulfide) groups is 2. The van der Waals surface area contributed by atoms with Crippen molar-refractivity contribution in [1.82, 2.24) is 10.1 Å². The molecular weight excluding hydrogens is 278 g/mol. The van der Waals surface area contributed by atoms with Gasteiger partial charge in [-0.25, -0.2) is 0 Å². The molecule has 3 atom stereocenters. The Bertz CT molecular complexity index is 386. The third-order valence-electron chi connectivity index (χ3n) is 3.29. The van der Waals surface area contributed by atoms with Gasteiger partial charge in [0.05, 0.1) is 5.25 Å². The molecular formula is C13H23N3OS2. The monoisotopic (exact) mass is 301 g/mol. The van der Waals surface area contributed by atoms with Crippen molar-refractivity contribution in [2.75, 3.05) is 11.5 Å². The van der Waals surface area contributed by atoms with Crippen molar-refractivity contribution in [2.24, 2.45) is 5.73 Å². The first-order valence-electron chi connectivity index (χ1n) is 7.05. The maximum Gasteiger partial charge on any atom is 0.228 e. The Labute approximate surface area is 123 Å². The summed E-state index contributed by atoms with van der Waals surface area (Å²) < 4.78 is 5.36. The zero-order chi connectivity index (χ0) is 13.7. The molecule has 1 aliphatic heterocycles. The van der Waals surface area contributed by atoms with Crippen molar-refractivity contribution in [2.45, 2.75) is 56.1 Å². The number of hydrogen-bond acceptors (Lipinski definition) is 6. The molecule has 0 aliphatic carbocycles. The van der Waals surface area contributed by atoms with E-state index in [1.807, 2.05) is 23.5 Å². The highest BCUT2D eigenvalue weighted by atomic mass is 32.2. The summed E-state index contributed by atoms with van der Waals surface area (Å²) in [5, 5.41) is 5.16. The van der Waals surface area contributed by atoms with E-state index in [0.29, 0.717) is 22.8 Å². The molecule has 1 saturated heterocycles. The SMILES string of the molecule is CCCC(N)Cc1nc(C2SCCSC2CC)no1. The van der Waals surface area contributed by atoms with Gasteiger partial charge in [-0.3, -0.25) is 0 Å². The van der Waals surface area contributed by atoms with Gasteiger partial charge in [-0.1, -0.05) is 25.4 Å². The zero-order valence-electron chi connectivity index (χ0n) is 11.7. The zero-order valence-corrected chi connectivity index (χ0v) is 13.3. The lowest BCUT2D eigenvalue weighted by Crippen LogP contribution is -2.22. The fourth-order valence-corrected chi connectivity index (χ4v) is 5.29. The van der Waals surface area contributed by atoms with Gasteiger partial charge >= 0.3 is 0 Å². The van der Waals surface area contributed by atoms with Crippen molar-refractivity contribution < 1.29 is 4.52 Å². The molecule has 0 saturated carbocycles. The Morgan fingerprint density at radius 3 is 2.89 bits per heavy atom. The van der Waals surface area contributed by atoms with Crippen molar-refractivity contribution >= 4 is 23.5 Å². The van der Waals surface area contributed by atoms with Crippen LogP contribution in [-0.2, 0) is 6.42 Å². The highest BCUT2D eigenvalue weighted by Crippen LogP contribution is 2.42. The van der Waals surface area contributed by atoms with E-state index in [-0.39, 0.29) is 6.04 Å². The van der Waals surface area contributed by atoms with Gasteiger partial charge < -0.3 is 10.3 Å². The summed E-state index contributed by atoms with van der Waals surface area (Å²) in [4.78, 5) is 4.56. The fourth-order valence-electron chi connectivity index (χ4n) is 2.31. The van der Waals surface area contributed by atoms with E-state index in [9.17, 15) is 0 Å². The molecule has 108 valence electrons. The molecule has 0 bridgehead atoms. The predicted octanol–water partition coefficient (Wildman–Crippen LogP) is 3.04. The van der Waals surface area contributed by atoms with Crippen LogP contribution in [0.5, 0.6) is 0 Å². The maximum atomic E-state index is 6.02. The second kappa shape index (κ2) is 7.55. The molecule has 0 spiro atoms. The second-order valence-corrected chi connectivity index (χ2v) is 7.50. The summed E-state index contributed by atoms with van der Waals surface area (Å²) in [7, 11) is 0. The fraction of sp³-hybridized carbons (Fsp3) is 0.846. The highest BCUT2D eigenvalue weighted by molar-refractivity contribution is 8.06. The lowest BCUT2D eigenvalue weighted by molar-refractivity contribution is 0.360. The first-order valence-corrected chi connectivity index (χ1v) is 9.15. The van der Waals surface area contributed by atoms with E-state index < -0.39 is 0 Å². The summed E-state index contributed by atoms with van der Waals surface area (Å²) in [6.45, 7) is 4.37. The predicted molar refractivity (Wildman–Crippen MR) is 82.6 cm³/mol. The van der Waals surface area contributed by atoms with Crippen molar-refractivity contribution in [3.63, 3.8) is 0 Å². The van der Waals surface area contributed by atoms with Gasteiger partial charge in [0.2, 0.25) is 5.89 Å². The van der Waals surface area contributed by atoms with Crippen molar-refractivity contribution in [1.29, 1.82) is 0 Å². The Hall–Kier alpha value is -0.200. The third-order valence-corrected chi connectivity index (χ3v) is 6.53. The van der Waals surface area contributed by atoms with Crippen LogP contribution >= 0.6 is 23.5 Å². The van der Waals surface area contributed by atoms with Crippen molar-refractivity contribution in [3.8, 4) is 0 Å². The van der Waals surface area contributed by atoms with Crippen LogP contribution in [0.25, 0.3) is 0 Å². The molecule has 3 unspecified atom stereocenters. The van der Waals surface area contributed by atoms with Crippen LogP contribution in [0.3, 0.4) is 0 Å². The van der Waals surface area contributed by atoms with Crippen LogP contribution in [0.4, 0.5) is 0 Å². The van der Waals surface area contributed by atoms with Gasteiger partial charge in [0.15, 0.2) is 5.82 Å². The maximum absolute atomic E-state index is 6.02. The van der Waals surface area contributed by atoms with E-state index in [4.69, 9.17) is 10.3 Å². The van der Waals surface area contributed by atoms with E-state index in [1.54, 1.807) is 0 Å². The van der Waals surface area contributed by atoms with Crippen LogP contribution in [0.1, 0.15) is 50.1 Å². The van der Waals surface area contributed by atoms with Gasteiger partial charge in [-0.15, -0.1) is 11.8 Å². The molecule has 6 heteroatoms. The number of nitrogens with zero attached hydrogens (tertiary/aromatic N) is 2. The Balaban J connectivity index is 1.99. The van der Waals surface area contributed by atoms with Gasteiger partial charge in [0.25, 0.3) is 0 Å². The van der Waals surface area contributed by atoms with E-state index >= 15 is 0 Å². The molecule has 0 aromatic carbocycles. The van der Waals surface area contributed by atoms with Crippen LogP contribution in [0.15, 0.2) is 4.52 Å². The second-order valence-electron chi connectivity index (χ2n) is 4.91. The van der Waals surface area contributed by atoms with Gasteiger partial charge in [-0.2, -0.15) is 16.7 Å². The Kier molecular flexibility index (Phi) is 6.04. The average molecular weight is 301 g/mol. The minimum atomic E-state index is 0.133. The molecule has 4 nitrogen and oxygen atoms in total. The standard InChI is InChI=1S/C13H23N3OS2/c1-3-5-9(14)8-11-15-13(16-17-11)12-10(4-2)18-6-7-19-12/h9-10,12H,3-8,14H2,1-2H3. The Morgan fingerprint density at radius 1 is 1.37 bits per heavy atom. The molecule has 0 amide bonds. The van der Waals surface area contributed by atoms with Crippen LogP contribution in [0, 0.1) is 0 Å². The minimum absolute atomic E-state index is 0.133. The number of hydrogen-bond donors (Lipinski definition) is 1. The molecule has 1 aliphatic rings. The summed E-state index contributed by atoms with van der Waals surface area (Å²) in [6, 6.07) is 0.133. The van der Waals surface area contributed by atoms with Crippen LogP contribution in [-0.4, -0.2) is 32.9 Å². The summed E-state index contributed by atoms with van der Waals surface area (Å²) in [5.41, 5.74) is 6.02. The van der Waals surface area contributed by atoms with Gasteiger partial charge in [0, 0.05) is 29.2 Å². The van der Waals surface area contributed by atoms with E-state index in [1.165, 1.54) is 11.5 Å². The first-order chi connectivity index (χ1) is 9.24. The molecule has 1 aromatic rings. The molecule has 1 aromatic heterocycles. The Morgan fingerprint density at radius 2 is 2.16 bits per heavy atom. The smallest absolute Gasteiger partial charge is 0.228 e. The third kappa shape index (κ3) is 4.13. The normalized spacial score (nSPS) is 25.4. The van der Waals surface area contributed by atoms with Crippen molar-refractivity contribution in [3.05, 3.63) is 11.7 Å². The van der Waals surface area contributed by atoms with Gasteiger partial charge in [0.1, 0.15) is 0 Å². The molecule has 2 heterocycles. The molecule has 2 N–H and O–H groups in total.